The van der Waals surface area contributed by atoms with Crippen LogP contribution >= 0.6 is 0 Å². The smallest absolute Gasteiger partial charge is 0.254 e. The largest absolute Gasteiger partial charge is 0.348 e. The standard InChI is InChI=1S/C23H26N2O2/c1-3-15-23(22(27)24-18(2)19-11-6-4-7-12-19)16-10-17-25(23)21(26)20-13-8-5-9-14-20/h3-9,11-14,18H,1,10,15-17H2,2H3,(H,24,27)/t18-,23+/m1/s1. The molecule has 1 heterocycles. The highest BCUT2D eigenvalue weighted by Gasteiger charge is 2.49. The monoisotopic (exact) mass is 362 g/mol. The van der Waals surface area contributed by atoms with Crippen LogP contribution in [0.3, 0.4) is 0 Å². The van der Waals surface area contributed by atoms with Gasteiger partial charge in [-0.25, -0.2) is 0 Å². The molecule has 140 valence electrons. The summed E-state index contributed by atoms with van der Waals surface area (Å²) in [4.78, 5) is 28.2. The van der Waals surface area contributed by atoms with E-state index in [9.17, 15) is 9.59 Å². The summed E-state index contributed by atoms with van der Waals surface area (Å²) in [6.07, 6.45) is 3.63. The van der Waals surface area contributed by atoms with Crippen molar-refractivity contribution in [3.63, 3.8) is 0 Å². The second-order valence-corrected chi connectivity index (χ2v) is 7.06. The lowest BCUT2D eigenvalue weighted by molar-refractivity contribution is -0.131. The number of likely N-dealkylation sites (tertiary alicyclic amines) is 1. The highest BCUT2D eigenvalue weighted by Crippen LogP contribution is 2.35. The van der Waals surface area contributed by atoms with Crippen molar-refractivity contribution in [2.45, 2.75) is 37.8 Å². The number of amides is 2. The zero-order valence-electron chi connectivity index (χ0n) is 15.7. The van der Waals surface area contributed by atoms with E-state index in [0.29, 0.717) is 24.9 Å². The normalized spacial score (nSPS) is 20.1. The van der Waals surface area contributed by atoms with Crippen LogP contribution in [0.5, 0.6) is 0 Å². The molecule has 2 aromatic carbocycles. The molecule has 0 saturated carbocycles. The Balaban J connectivity index is 1.86. The number of rotatable bonds is 6. The van der Waals surface area contributed by atoms with Gasteiger partial charge in [0.25, 0.3) is 5.91 Å². The van der Waals surface area contributed by atoms with Crippen LogP contribution in [0.1, 0.15) is 48.1 Å². The van der Waals surface area contributed by atoms with Crippen molar-refractivity contribution in [1.29, 1.82) is 0 Å². The van der Waals surface area contributed by atoms with Gasteiger partial charge in [-0.2, -0.15) is 0 Å². The second kappa shape index (κ2) is 8.21. The van der Waals surface area contributed by atoms with Crippen molar-refractivity contribution < 1.29 is 9.59 Å². The Hall–Kier alpha value is -2.88. The Kier molecular flexibility index (Phi) is 5.75. The lowest BCUT2D eigenvalue weighted by Gasteiger charge is -2.37. The van der Waals surface area contributed by atoms with Gasteiger partial charge in [0.15, 0.2) is 0 Å². The molecule has 0 radical (unpaired) electrons. The van der Waals surface area contributed by atoms with E-state index in [0.717, 1.165) is 12.0 Å². The molecule has 1 aliphatic heterocycles. The predicted octanol–water partition coefficient (Wildman–Crippen LogP) is 4.11. The van der Waals surface area contributed by atoms with Crippen molar-refractivity contribution in [3.05, 3.63) is 84.4 Å². The van der Waals surface area contributed by atoms with E-state index in [1.165, 1.54) is 0 Å². The highest BCUT2D eigenvalue weighted by atomic mass is 16.2. The topological polar surface area (TPSA) is 49.4 Å². The number of nitrogens with one attached hydrogen (secondary N) is 1. The first kappa shape index (κ1) is 18.9. The number of nitrogens with zero attached hydrogens (tertiary/aromatic N) is 1. The Morgan fingerprint density at radius 1 is 1.15 bits per heavy atom. The number of carbonyl (C=O) groups is 2. The van der Waals surface area contributed by atoms with Gasteiger partial charge in [0.05, 0.1) is 6.04 Å². The molecule has 0 aliphatic carbocycles. The summed E-state index contributed by atoms with van der Waals surface area (Å²) in [5.74, 6) is -0.210. The van der Waals surface area contributed by atoms with Gasteiger partial charge in [-0.3, -0.25) is 9.59 Å². The van der Waals surface area contributed by atoms with Gasteiger partial charge in [-0.15, -0.1) is 6.58 Å². The minimum Gasteiger partial charge on any atom is -0.348 e. The molecule has 1 saturated heterocycles. The molecule has 1 aliphatic rings. The molecule has 2 amide bonds. The number of carbonyl (C=O) groups excluding carboxylic acids is 2. The molecule has 3 rings (SSSR count). The van der Waals surface area contributed by atoms with Crippen molar-refractivity contribution >= 4 is 11.8 Å². The minimum absolute atomic E-state index is 0.0996. The van der Waals surface area contributed by atoms with Gasteiger partial charge in [-0.1, -0.05) is 54.6 Å². The quantitative estimate of drug-likeness (QED) is 0.786. The minimum atomic E-state index is -0.877. The predicted molar refractivity (Wildman–Crippen MR) is 107 cm³/mol. The number of benzene rings is 2. The Morgan fingerprint density at radius 2 is 1.78 bits per heavy atom. The van der Waals surface area contributed by atoms with E-state index < -0.39 is 5.54 Å². The molecule has 2 atom stereocenters. The summed E-state index contributed by atoms with van der Waals surface area (Å²) in [5, 5.41) is 3.12. The van der Waals surface area contributed by atoms with Gasteiger partial charge < -0.3 is 10.2 Å². The van der Waals surface area contributed by atoms with Gasteiger partial charge >= 0.3 is 0 Å². The molecule has 4 nitrogen and oxygen atoms in total. The summed E-state index contributed by atoms with van der Waals surface area (Å²) in [6, 6.07) is 18.9. The molecule has 0 bridgehead atoms. The zero-order valence-corrected chi connectivity index (χ0v) is 15.7. The zero-order chi connectivity index (χ0) is 19.3. The SMILES string of the molecule is C=CC[C@@]1(C(=O)N[C@H](C)c2ccccc2)CCCN1C(=O)c1ccccc1. The van der Waals surface area contributed by atoms with Crippen LogP contribution in [0.2, 0.25) is 0 Å². The first-order valence-corrected chi connectivity index (χ1v) is 9.42. The fraction of sp³-hybridized carbons (Fsp3) is 0.304. The number of hydrogen-bond acceptors (Lipinski definition) is 2. The number of hydrogen-bond donors (Lipinski definition) is 1. The van der Waals surface area contributed by atoms with Crippen LogP contribution in [-0.4, -0.2) is 28.8 Å². The lowest BCUT2D eigenvalue weighted by atomic mass is 9.89. The molecule has 1 N–H and O–H groups in total. The van der Waals surface area contributed by atoms with Gasteiger partial charge in [0.2, 0.25) is 5.91 Å². The van der Waals surface area contributed by atoms with E-state index in [4.69, 9.17) is 0 Å². The van der Waals surface area contributed by atoms with Crippen molar-refractivity contribution in [2.75, 3.05) is 6.54 Å². The maximum Gasteiger partial charge on any atom is 0.254 e. The third-order valence-corrected chi connectivity index (χ3v) is 5.31. The molecule has 4 heteroatoms. The fourth-order valence-corrected chi connectivity index (χ4v) is 3.85. The van der Waals surface area contributed by atoms with E-state index in [1.807, 2.05) is 55.5 Å². The molecule has 1 fully saturated rings. The Labute approximate surface area is 160 Å². The summed E-state index contributed by atoms with van der Waals surface area (Å²) in [5.41, 5.74) is 0.771. The summed E-state index contributed by atoms with van der Waals surface area (Å²) in [7, 11) is 0. The summed E-state index contributed by atoms with van der Waals surface area (Å²) in [6.45, 7) is 6.38. The van der Waals surface area contributed by atoms with Gasteiger partial charge in [-0.05, 0) is 43.9 Å². The molecular formula is C23H26N2O2. The van der Waals surface area contributed by atoms with Crippen LogP contribution in [0.25, 0.3) is 0 Å². The van der Waals surface area contributed by atoms with Crippen LogP contribution in [0, 0.1) is 0 Å². The highest BCUT2D eigenvalue weighted by molar-refractivity contribution is 6.00. The van der Waals surface area contributed by atoms with Crippen LogP contribution in [0.4, 0.5) is 0 Å². The van der Waals surface area contributed by atoms with E-state index in [2.05, 4.69) is 11.9 Å². The lowest BCUT2D eigenvalue weighted by Crippen LogP contribution is -2.57. The summed E-state index contributed by atoms with van der Waals surface area (Å²) >= 11 is 0. The van der Waals surface area contributed by atoms with Crippen LogP contribution < -0.4 is 5.32 Å². The molecule has 0 spiro atoms. The van der Waals surface area contributed by atoms with Crippen molar-refractivity contribution in [1.82, 2.24) is 10.2 Å². The Morgan fingerprint density at radius 3 is 2.41 bits per heavy atom. The van der Waals surface area contributed by atoms with Gasteiger partial charge in [0.1, 0.15) is 5.54 Å². The first-order chi connectivity index (χ1) is 13.1. The van der Waals surface area contributed by atoms with Gasteiger partial charge in [0, 0.05) is 12.1 Å². The van der Waals surface area contributed by atoms with E-state index >= 15 is 0 Å². The van der Waals surface area contributed by atoms with E-state index in [-0.39, 0.29) is 17.9 Å². The Bertz CT molecular complexity index is 804. The molecule has 0 unspecified atom stereocenters. The third kappa shape index (κ3) is 3.80. The third-order valence-electron chi connectivity index (χ3n) is 5.31. The fourth-order valence-electron chi connectivity index (χ4n) is 3.85. The van der Waals surface area contributed by atoms with Crippen molar-refractivity contribution in [3.8, 4) is 0 Å². The molecule has 2 aromatic rings. The maximum absolute atomic E-state index is 13.3. The molecule has 0 aromatic heterocycles. The second-order valence-electron chi connectivity index (χ2n) is 7.06. The van der Waals surface area contributed by atoms with Crippen molar-refractivity contribution in [2.24, 2.45) is 0 Å². The average molecular weight is 362 g/mol. The molecular weight excluding hydrogens is 336 g/mol. The maximum atomic E-state index is 13.3. The van der Waals surface area contributed by atoms with E-state index in [1.54, 1.807) is 23.1 Å². The molecule has 27 heavy (non-hydrogen) atoms. The van der Waals surface area contributed by atoms with Crippen LogP contribution in [0.15, 0.2) is 73.3 Å². The first-order valence-electron chi connectivity index (χ1n) is 9.42. The summed E-state index contributed by atoms with van der Waals surface area (Å²) < 4.78 is 0. The van der Waals surface area contributed by atoms with Crippen LogP contribution in [-0.2, 0) is 4.79 Å². The average Bonchev–Trinajstić information content (AvgIpc) is 3.14.